The highest BCUT2D eigenvalue weighted by atomic mass is 32.2. The van der Waals surface area contributed by atoms with Gasteiger partial charge in [-0.05, 0) is 13.3 Å². The van der Waals surface area contributed by atoms with E-state index in [9.17, 15) is 0 Å². The highest BCUT2D eigenvalue weighted by Crippen LogP contribution is 2.18. The van der Waals surface area contributed by atoms with Crippen molar-refractivity contribution in [3.8, 4) is 0 Å². The van der Waals surface area contributed by atoms with E-state index in [-0.39, 0.29) is 6.04 Å². The van der Waals surface area contributed by atoms with Crippen LogP contribution in [-0.2, 0) is 5.75 Å². The number of nitrogens with zero attached hydrogens (tertiary/aromatic N) is 2. The Hall–Kier alpha value is -0.550. The Morgan fingerprint density at radius 2 is 2.21 bits per heavy atom. The molecule has 1 unspecified atom stereocenters. The molecule has 0 saturated heterocycles. The Morgan fingerprint density at radius 1 is 1.50 bits per heavy atom. The summed E-state index contributed by atoms with van der Waals surface area (Å²) in [6.07, 6.45) is 1.16. The molecule has 2 N–H and O–H groups in total. The van der Waals surface area contributed by atoms with Crippen LogP contribution in [0.4, 0.5) is 0 Å². The molecule has 1 heterocycles. The summed E-state index contributed by atoms with van der Waals surface area (Å²) in [5, 5.41) is 4.49. The Bertz CT molecular complexity index is 275. The Kier molecular flexibility index (Phi) is 4.41. The van der Waals surface area contributed by atoms with Gasteiger partial charge in [-0.25, -0.2) is 0 Å². The summed E-state index contributed by atoms with van der Waals surface area (Å²) in [6, 6.07) is -0.176. The predicted octanol–water partition coefficient (Wildman–Crippen LogP) is 2.12. The van der Waals surface area contributed by atoms with Gasteiger partial charge in [0.15, 0.2) is 5.82 Å². The SMILES string of the molecule is CCC(C)SCc1noc([C@@H](C)N)n1. The van der Waals surface area contributed by atoms with Crippen LogP contribution in [0.3, 0.4) is 0 Å². The van der Waals surface area contributed by atoms with Crippen LogP contribution in [0.15, 0.2) is 4.52 Å². The van der Waals surface area contributed by atoms with Gasteiger partial charge in [0.1, 0.15) is 0 Å². The predicted molar refractivity (Wildman–Crippen MR) is 57.9 cm³/mol. The first-order chi connectivity index (χ1) is 6.63. The summed E-state index contributed by atoms with van der Waals surface area (Å²) in [5.41, 5.74) is 5.61. The molecule has 1 aromatic heterocycles. The lowest BCUT2D eigenvalue weighted by atomic mass is 10.4. The molecule has 80 valence electrons. The number of nitrogens with two attached hydrogens (primary N) is 1. The van der Waals surface area contributed by atoms with Gasteiger partial charge in [0, 0.05) is 5.25 Å². The molecule has 1 rings (SSSR count). The molecule has 14 heavy (non-hydrogen) atoms. The smallest absolute Gasteiger partial charge is 0.243 e. The molecule has 0 aliphatic rings. The number of thioether (sulfide) groups is 1. The monoisotopic (exact) mass is 215 g/mol. The molecule has 0 spiro atoms. The summed E-state index contributed by atoms with van der Waals surface area (Å²) in [5.74, 6) is 2.05. The van der Waals surface area contributed by atoms with Crippen LogP contribution in [0.5, 0.6) is 0 Å². The van der Waals surface area contributed by atoms with E-state index < -0.39 is 0 Å². The number of aromatic nitrogens is 2. The van der Waals surface area contributed by atoms with Gasteiger partial charge in [0.25, 0.3) is 0 Å². The number of hydrogen-bond acceptors (Lipinski definition) is 5. The van der Waals surface area contributed by atoms with Crippen LogP contribution in [0.2, 0.25) is 0 Å². The van der Waals surface area contributed by atoms with Crippen molar-refractivity contribution in [3.63, 3.8) is 0 Å². The standard InChI is InChI=1S/C9H17N3OS/c1-4-6(2)14-5-8-11-9(7(3)10)13-12-8/h6-7H,4-5,10H2,1-3H3/t6?,7-/m1/s1. The normalized spacial score (nSPS) is 15.4. The van der Waals surface area contributed by atoms with E-state index in [0.29, 0.717) is 11.1 Å². The molecule has 5 heteroatoms. The molecule has 0 saturated carbocycles. The third-order valence-electron chi connectivity index (χ3n) is 1.95. The van der Waals surface area contributed by atoms with Crippen LogP contribution in [0.25, 0.3) is 0 Å². The average Bonchev–Trinajstić information content (AvgIpc) is 2.62. The zero-order valence-electron chi connectivity index (χ0n) is 8.86. The highest BCUT2D eigenvalue weighted by Gasteiger charge is 2.10. The molecular weight excluding hydrogens is 198 g/mol. The first-order valence-electron chi connectivity index (χ1n) is 4.83. The van der Waals surface area contributed by atoms with Crippen LogP contribution in [0, 0.1) is 0 Å². The van der Waals surface area contributed by atoms with Crippen molar-refractivity contribution in [2.45, 2.75) is 44.2 Å². The first kappa shape index (κ1) is 11.5. The van der Waals surface area contributed by atoms with Crippen LogP contribution in [0.1, 0.15) is 44.9 Å². The third kappa shape index (κ3) is 3.31. The fourth-order valence-electron chi connectivity index (χ4n) is 0.846. The van der Waals surface area contributed by atoms with E-state index in [1.165, 1.54) is 0 Å². The average molecular weight is 215 g/mol. The quantitative estimate of drug-likeness (QED) is 0.815. The third-order valence-corrected chi connectivity index (χ3v) is 3.27. The summed E-state index contributed by atoms with van der Waals surface area (Å²) in [6.45, 7) is 6.19. The van der Waals surface area contributed by atoms with Gasteiger partial charge in [-0.3, -0.25) is 0 Å². The second kappa shape index (κ2) is 5.36. The summed E-state index contributed by atoms with van der Waals surface area (Å²) >= 11 is 1.83. The van der Waals surface area contributed by atoms with Gasteiger partial charge in [-0.1, -0.05) is 19.0 Å². The molecule has 0 aromatic carbocycles. The van der Waals surface area contributed by atoms with Crippen molar-refractivity contribution in [2.24, 2.45) is 5.73 Å². The first-order valence-corrected chi connectivity index (χ1v) is 5.88. The zero-order valence-corrected chi connectivity index (χ0v) is 9.67. The minimum atomic E-state index is -0.176. The molecule has 0 amide bonds. The summed E-state index contributed by atoms with van der Waals surface area (Å²) in [7, 11) is 0. The highest BCUT2D eigenvalue weighted by molar-refractivity contribution is 7.99. The molecule has 0 aliphatic carbocycles. The van der Waals surface area contributed by atoms with Gasteiger partial charge >= 0.3 is 0 Å². The van der Waals surface area contributed by atoms with Gasteiger partial charge in [-0.15, -0.1) is 0 Å². The fraction of sp³-hybridized carbons (Fsp3) is 0.778. The van der Waals surface area contributed by atoms with E-state index >= 15 is 0 Å². The Labute approximate surface area is 88.6 Å². The van der Waals surface area contributed by atoms with Crippen molar-refractivity contribution in [1.82, 2.24) is 10.1 Å². The fourth-order valence-corrected chi connectivity index (χ4v) is 1.63. The van der Waals surface area contributed by atoms with Crippen molar-refractivity contribution in [3.05, 3.63) is 11.7 Å². The molecule has 2 atom stereocenters. The lowest BCUT2D eigenvalue weighted by Gasteiger charge is -2.04. The molecule has 0 aliphatic heterocycles. The number of hydrogen-bond donors (Lipinski definition) is 1. The minimum absolute atomic E-state index is 0.176. The molecule has 1 aromatic rings. The van der Waals surface area contributed by atoms with E-state index in [0.717, 1.165) is 18.0 Å². The minimum Gasteiger partial charge on any atom is -0.338 e. The van der Waals surface area contributed by atoms with Crippen molar-refractivity contribution < 1.29 is 4.52 Å². The van der Waals surface area contributed by atoms with Crippen molar-refractivity contribution in [1.29, 1.82) is 0 Å². The summed E-state index contributed by atoms with van der Waals surface area (Å²) in [4.78, 5) is 4.19. The van der Waals surface area contributed by atoms with Crippen molar-refractivity contribution >= 4 is 11.8 Å². The van der Waals surface area contributed by atoms with E-state index in [1.807, 2.05) is 18.7 Å². The van der Waals surface area contributed by atoms with E-state index in [2.05, 4.69) is 24.0 Å². The Balaban J connectivity index is 2.44. The molecule has 4 nitrogen and oxygen atoms in total. The molecular formula is C9H17N3OS. The van der Waals surface area contributed by atoms with E-state index in [4.69, 9.17) is 10.3 Å². The Morgan fingerprint density at radius 3 is 2.71 bits per heavy atom. The second-order valence-electron chi connectivity index (χ2n) is 3.37. The molecule has 0 radical (unpaired) electrons. The topological polar surface area (TPSA) is 64.9 Å². The van der Waals surface area contributed by atoms with Gasteiger partial charge < -0.3 is 10.3 Å². The summed E-state index contributed by atoms with van der Waals surface area (Å²) < 4.78 is 4.99. The maximum Gasteiger partial charge on any atom is 0.243 e. The van der Waals surface area contributed by atoms with Crippen LogP contribution < -0.4 is 5.73 Å². The number of rotatable bonds is 5. The second-order valence-corrected chi connectivity index (χ2v) is 4.79. The maximum absolute atomic E-state index is 5.61. The maximum atomic E-state index is 5.61. The lowest BCUT2D eigenvalue weighted by Crippen LogP contribution is -2.05. The van der Waals surface area contributed by atoms with E-state index in [1.54, 1.807) is 0 Å². The molecule has 0 fully saturated rings. The van der Waals surface area contributed by atoms with Crippen LogP contribution in [-0.4, -0.2) is 15.4 Å². The van der Waals surface area contributed by atoms with Gasteiger partial charge in [0.2, 0.25) is 5.89 Å². The van der Waals surface area contributed by atoms with Gasteiger partial charge in [-0.2, -0.15) is 16.7 Å². The largest absolute Gasteiger partial charge is 0.338 e. The van der Waals surface area contributed by atoms with Gasteiger partial charge in [0.05, 0.1) is 11.8 Å². The van der Waals surface area contributed by atoms with Crippen molar-refractivity contribution in [2.75, 3.05) is 0 Å². The zero-order chi connectivity index (χ0) is 10.6. The van der Waals surface area contributed by atoms with Crippen LogP contribution >= 0.6 is 11.8 Å². The molecule has 0 bridgehead atoms. The lowest BCUT2D eigenvalue weighted by molar-refractivity contribution is 0.358.